The number of halogens is 1. The van der Waals surface area contributed by atoms with Gasteiger partial charge in [-0.1, -0.05) is 30.3 Å². The highest BCUT2D eigenvalue weighted by atomic mass is 35.5. The molecule has 0 bridgehead atoms. The lowest BCUT2D eigenvalue weighted by atomic mass is 10.1. The smallest absolute Gasteiger partial charge is 0.246 e. The number of carbonyl (C=O) groups excluding carboxylic acids is 1. The molecule has 1 atom stereocenters. The zero-order chi connectivity index (χ0) is 13.0. The molecule has 0 aliphatic heterocycles. The lowest BCUT2D eigenvalue weighted by Gasteiger charge is -2.10. The molecule has 0 aromatic heterocycles. The standard InChI is InChI=1S/C14H12ClNO2/c15-13(10-4-2-1-3-5-10)14(18)16-11-6-8-12(17)9-7-11/h1-9,13,17H,(H,16,18). The Morgan fingerprint density at radius 3 is 2.28 bits per heavy atom. The number of hydrogen-bond acceptors (Lipinski definition) is 2. The normalized spacial score (nSPS) is 11.8. The number of amides is 1. The van der Waals surface area contributed by atoms with E-state index >= 15 is 0 Å². The van der Waals surface area contributed by atoms with Crippen molar-refractivity contribution in [2.24, 2.45) is 0 Å². The van der Waals surface area contributed by atoms with E-state index in [-0.39, 0.29) is 11.7 Å². The number of alkyl halides is 1. The van der Waals surface area contributed by atoms with Crippen LogP contribution in [-0.4, -0.2) is 11.0 Å². The number of nitrogens with one attached hydrogen (secondary N) is 1. The molecule has 0 saturated carbocycles. The summed E-state index contributed by atoms with van der Waals surface area (Å²) in [6, 6.07) is 15.4. The fourth-order valence-electron chi connectivity index (χ4n) is 1.52. The summed E-state index contributed by atoms with van der Waals surface area (Å²) >= 11 is 6.08. The summed E-state index contributed by atoms with van der Waals surface area (Å²) in [5, 5.41) is 11.1. The van der Waals surface area contributed by atoms with Crippen LogP contribution in [0.2, 0.25) is 0 Å². The summed E-state index contributed by atoms with van der Waals surface area (Å²) in [5.74, 6) is -0.146. The van der Waals surface area contributed by atoms with E-state index in [1.807, 2.05) is 18.2 Å². The molecule has 92 valence electrons. The average Bonchev–Trinajstić information content (AvgIpc) is 2.41. The Labute approximate surface area is 110 Å². The van der Waals surface area contributed by atoms with Gasteiger partial charge in [0, 0.05) is 5.69 Å². The van der Waals surface area contributed by atoms with Gasteiger partial charge in [0.2, 0.25) is 5.91 Å². The van der Waals surface area contributed by atoms with Crippen molar-refractivity contribution in [3.63, 3.8) is 0 Å². The Kier molecular flexibility index (Phi) is 3.85. The Bertz CT molecular complexity index is 525. The van der Waals surface area contributed by atoms with E-state index < -0.39 is 5.38 Å². The van der Waals surface area contributed by atoms with Crippen LogP contribution < -0.4 is 5.32 Å². The molecule has 2 aromatic rings. The predicted molar refractivity (Wildman–Crippen MR) is 71.8 cm³/mol. The van der Waals surface area contributed by atoms with Gasteiger partial charge in [-0.2, -0.15) is 0 Å². The van der Waals surface area contributed by atoms with Gasteiger partial charge in [-0.25, -0.2) is 0 Å². The molecule has 0 aliphatic rings. The molecule has 0 fully saturated rings. The third-order valence-corrected chi connectivity index (χ3v) is 2.91. The number of carbonyl (C=O) groups is 1. The minimum Gasteiger partial charge on any atom is -0.508 e. The number of rotatable bonds is 3. The Morgan fingerprint density at radius 2 is 1.67 bits per heavy atom. The highest BCUT2D eigenvalue weighted by molar-refractivity contribution is 6.32. The minimum absolute atomic E-state index is 0.151. The molecule has 0 spiro atoms. The maximum Gasteiger partial charge on any atom is 0.246 e. The average molecular weight is 262 g/mol. The molecule has 1 amide bonds. The van der Waals surface area contributed by atoms with Gasteiger partial charge in [0.25, 0.3) is 0 Å². The second kappa shape index (κ2) is 5.56. The Morgan fingerprint density at radius 1 is 1.06 bits per heavy atom. The van der Waals surface area contributed by atoms with Crippen LogP contribution in [0.15, 0.2) is 54.6 Å². The lowest BCUT2D eigenvalue weighted by Crippen LogP contribution is -2.17. The summed E-state index contributed by atoms with van der Waals surface area (Å²) in [6.07, 6.45) is 0. The van der Waals surface area contributed by atoms with Crippen LogP contribution in [0.5, 0.6) is 5.75 Å². The zero-order valence-corrected chi connectivity index (χ0v) is 10.3. The number of phenolic OH excluding ortho intramolecular Hbond substituents is 1. The largest absolute Gasteiger partial charge is 0.508 e. The van der Waals surface area contributed by atoms with Gasteiger partial charge in [-0.3, -0.25) is 4.79 Å². The highest BCUT2D eigenvalue weighted by Crippen LogP contribution is 2.22. The van der Waals surface area contributed by atoms with Gasteiger partial charge in [-0.05, 0) is 29.8 Å². The van der Waals surface area contributed by atoms with Crippen molar-refractivity contribution in [2.75, 3.05) is 5.32 Å². The summed E-state index contributed by atoms with van der Waals surface area (Å²) in [7, 11) is 0. The molecule has 0 radical (unpaired) electrons. The van der Waals surface area contributed by atoms with Crippen LogP contribution in [0, 0.1) is 0 Å². The van der Waals surface area contributed by atoms with Gasteiger partial charge < -0.3 is 10.4 Å². The van der Waals surface area contributed by atoms with E-state index in [9.17, 15) is 4.79 Å². The molecule has 2 N–H and O–H groups in total. The molecule has 2 aromatic carbocycles. The van der Waals surface area contributed by atoms with Gasteiger partial charge >= 0.3 is 0 Å². The third-order valence-electron chi connectivity index (χ3n) is 2.46. The minimum atomic E-state index is -0.736. The van der Waals surface area contributed by atoms with Gasteiger partial charge in [0.05, 0.1) is 0 Å². The van der Waals surface area contributed by atoms with Gasteiger partial charge in [-0.15, -0.1) is 11.6 Å². The zero-order valence-electron chi connectivity index (χ0n) is 9.51. The van der Waals surface area contributed by atoms with E-state index in [0.717, 1.165) is 5.56 Å². The SMILES string of the molecule is O=C(Nc1ccc(O)cc1)C(Cl)c1ccccc1. The molecular formula is C14H12ClNO2. The fourth-order valence-corrected chi connectivity index (χ4v) is 1.72. The second-order valence-electron chi connectivity index (χ2n) is 3.81. The number of anilines is 1. The Hall–Kier alpha value is -2.00. The van der Waals surface area contributed by atoms with E-state index in [1.165, 1.54) is 12.1 Å². The first kappa shape index (κ1) is 12.5. The van der Waals surface area contributed by atoms with Crippen molar-refractivity contribution < 1.29 is 9.90 Å². The first-order valence-corrected chi connectivity index (χ1v) is 5.89. The maximum atomic E-state index is 11.9. The van der Waals surface area contributed by atoms with Crippen LogP contribution in [0.1, 0.15) is 10.9 Å². The monoisotopic (exact) mass is 261 g/mol. The molecular weight excluding hydrogens is 250 g/mol. The number of aromatic hydroxyl groups is 1. The van der Waals surface area contributed by atoms with E-state index in [0.29, 0.717) is 5.69 Å². The third kappa shape index (κ3) is 3.02. The summed E-state index contributed by atoms with van der Waals surface area (Å²) in [4.78, 5) is 11.9. The first-order chi connectivity index (χ1) is 8.66. The van der Waals surface area contributed by atoms with Crippen molar-refractivity contribution in [2.45, 2.75) is 5.38 Å². The van der Waals surface area contributed by atoms with Crippen LogP contribution in [0.25, 0.3) is 0 Å². The molecule has 18 heavy (non-hydrogen) atoms. The number of benzene rings is 2. The molecule has 0 aliphatic carbocycles. The topological polar surface area (TPSA) is 49.3 Å². The lowest BCUT2D eigenvalue weighted by molar-refractivity contribution is -0.116. The fraction of sp³-hybridized carbons (Fsp3) is 0.0714. The molecule has 2 rings (SSSR count). The number of phenols is 1. The summed E-state index contributed by atoms with van der Waals surface area (Å²) in [6.45, 7) is 0. The molecule has 4 heteroatoms. The second-order valence-corrected chi connectivity index (χ2v) is 4.25. The molecule has 0 saturated heterocycles. The molecule has 3 nitrogen and oxygen atoms in total. The van der Waals surface area contributed by atoms with Gasteiger partial charge in [0.15, 0.2) is 0 Å². The Balaban J connectivity index is 2.06. The van der Waals surface area contributed by atoms with Gasteiger partial charge in [0.1, 0.15) is 11.1 Å². The van der Waals surface area contributed by atoms with Crippen molar-refractivity contribution in [1.29, 1.82) is 0 Å². The van der Waals surface area contributed by atoms with Crippen LogP contribution in [0.3, 0.4) is 0 Å². The maximum absolute atomic E-state index is 11.9. The summed E-state index contributed by atoms with van der Waals surface area (Å²) in [5.41, 5.74) is 1.34. The van der Waals surface area contributed by atoms with Crippen LogP contribution in [-0.2, 0) is 4.79 Å². The van der Waals surface area contributed by atoms with Crippen molar-refractivity contribution in [3.05, 3.63) is 60.2 Å². The van der Waals surface area contributed by atoms with Crippen molar-refractivity contribution >= 4 is 23.2 Å². The predicted octanol–water partition coefficient (Wildman–Crippen LogP) is 3.31. The van der Waals surface area contributed by atoms with Crippen LogP contribution in [0.4, 0.5) is 5.69 Å². The van der Waals surface area contributed by atoms with Crippen LogP contribution >= 0.6 is 11.6 Å². The van der Waals surface area contributed by atoms with E-state index in [2.05, 4.69) is 5.32 Å². The highest BCUT2D eigenvalue weighted by Gasteiger charge is 2.17. The van der Waals surface area contributed by atoms with E-state index in [4.69, 9.17) is 16.7 Å². The van der Waals surface area contributed by atoms with Crippen molar-refractivity contribution in [1.82, 2.24) is 0 Å². The van der Waals surface area contributed by atoms with E-state index in [1.54, 1.807) is 24.3 Å². The first-order valence-electron chi connectivity index (χ1n) is 5.46. The quantitative estimate of drug-likeness (QED) is 0.658. The molecule has 0 heterocycles. The summed E-state index contributed by atoms with van der Waals surface area (Å²) < 4.78 is 0. The molecule has 1 unspecified atom stereocenters. The number of hydrogen-bond donors (Lipinski definition) is 2. The van der Waals surface area contributed by atoms with Crippen molar-refractivity contribution in [3.8, 4) is 5.75 Å².